The van der Waals surface area contributed by atoms with Gasteiger partial charge in [0.25, 0.3) is 0 Å². The Morgan fingerprint density at radius 3 is 2.15 bits per heavy atom. The van der Waals surface area contributed by atoms with E-state index in [1.807, 2.05) is 37.3 Å². The van der Waals surface area contributed by atoms with Crippen molar-refractivity contribution in [3.8, 4) is 28.5 Å². The van der Waals surface area contributed by atoms with Gasteiger partial charge in [-0.2, -0.15) is 23.1 Å². The molecule has 0 aliphatic rings. The first kappa shape index (κ1) is 22.5. The molecule has 0 aliphatic carbocycles. The third-order valence-corrected chi connectivity index (χ3v) is 5.13. The molecule has 2 aromatic carbocycles. The highest BCUT2D eigenvalue weighted by atomic mass is 19.4. The normalized spacial score (nSPS) is 12.7. The number of aromatic nitrogens is 4. The van der Waals surface area contributed by atoms with Gasteiger partial charge in [0.2, 0.25) is 17.5 Å². The fourth-order valence-corrected chi connectivity index (χ4v) is 3.42. The molecule has 1 unspecified atom stereocenters. The molecule has 0 bridgehead atoms. The average molecular weight is 458 g/mol. The van der Waals surface area contributed by atoms with E-state index in [9.17, 15) is 13.2 Å². The van der Waals surface area contributed by atoms with Crippen LogP contribution in [0.2, 0.25) is 0 Å². The summed E-state index contributed by atoms with van der Waals surface area (Å²) in [6.07, 6.45) is -3.97. The summed E-state index contributed by atoms with van der Waals surface area (Å²) in [5.41, 5.74) is 2.73. The van der Waals surface area contributed by atoms with Crippen molar-refractivity contribution in [3.63, 3.8) is 0 Å². The molecule has 0 fully saturated rings. The smallest absolute Gasteiger partial charge is 0.471 e. The standard InChI is InChI=1S/C23H21F3N4O3/c1-4-15(21-27-19(29-32-21)16-8-6-5-7-9-16)12-31-18-13(2)10-17(11-14(18)3)20-28-22(33-30-20)23(24,25)26/h5-11,15H,4,12H2,1-3H3. The molecule has 10 heteroatoms. The molecule has 33 heavy (non-hydrogen) atoms. The summed E-state index contributed by atoms with van der Waals surface area (Å²) in [4.78, 5) is 7.95. The average Bonchev–Trinajstić information content (AvgIpc) is 3.46. The van der Waals surface area contributed by atoms with E-state index >= 15 is 0 Å². The fourth-order valence-electron chi connectivity index (χ4n) is 3.42. The highest BCUT2D eigenvalue weighted by Crippen LogP contribution is 2.33. The number of alkyl halides is 3. The summed E-state index contributed by atoms with van der Waals surface area (Å²) < 4.78 is 54.1. The van der Waals surface area contributed by atoms with Crippen molar-refractivity contribution in [1.82, 2.24) is 20.3 Å². The van der Waals surface area contributed by atoms with E-state index in [0.29, 0.717) is 29.6 Å². The maximum atomic E-state index is 12.8. The fraction of sp³-hybridized carbons (Fsp3) is 0.304. The monoisotopic (exact) mass is 458 g/mol. The lowest BCUT2D eigenvalue weighted by molar-refractivity contribution is -0.159. The topological polar surface area (TPSA) is 87.1 Å². The van der Waals surface area contributed by atoms with Crippen LogP contribution in [-0.4, -0.2) is 26.9 Å². The summed E-state index contributed by atoms with van der Waals surface area (Å²) in [6, 6.07) is 12.8. The maximum Gasteiger partial charge on any atom is 0.471 e. The van der Waals surface area contributed by atoms with E-state index in [2.05, 4.69) is 24.8 Å². The van der Waals surface area contributed by atoms with Crippen LogP contribution in [0.5, 0.6) is 5.75 Å². The van der Waals surface area contributed by atoms with Crippen molar-refractivity contribution in [2.75, 3.05) is 6.61 Å². The Balaban J connectivity index is 1.50. The van der Waals surface area contributed by atoms with Crippen LogP contribution in [0.4, 0.5) is 13.2 Å². The molecular weight excluding hydrogens is 437 g/mol. The SMILES string of the molecule is CCC(COc1c(C)cc(-c2noc(C(F)(F)F)n2)cc1C)c1nc(-c2ccccc2)no1. The highest BCUT2D eigenvalue weighted by molar-refractivity contribution is 5.61. The molecule has 2 heterocycles. The lowest BCUT2D eigenvalue weighted by Crippen LogP contribution is -2.11. The zero-order valence-electron chi connectivity index (χ0n) is 18.2. The molecule has 4 aromatic rings. The first-order valence-corrected chi connectivity index (χ1v) is 10.3. The molecule has 0 radical (unpaired) electrons. The molecule has 0 spiro atoms. The van der Waals surface area contributed by atoms with Crippen LogP contribution in [0.1, 0.15) is 42.2 Å². The molecule has 172 valence electrons. The molecule has 0 aliphatic heterocycles. The molecule has 7 nitrogen and oxygen atoms in total. The number of hydrogen-bond acceptors (Lipinski definition) is 7. The second kappa shape index (κ2) is 9.05. The summed E-state index contributed by atoms with van der Waals surface area (Å²) >= 11 is 0. The highest BCUT2D eigenvalue weighted by Gasteiger charge is 2.38. The molecule has 4 rings (SSSR count). The van der Waals surface area contributed by atoms with Crippen molar-refractivity contribution in [3.05, 3.63) is 65.4 Å². The van der Waals surface area contributed by atoms with Crippen LogP contribution in [-0.2, 0) is 6.18 Å². The van der Waals surface area contributed by atoms with Crippen LogP contribution >= 0.6 is 0 Å². The third-order valence-electron chi connectivity index (χ3n) is 5.13. The number of nitrogens with zero attached hydrogens (tertiary/aromatic N) is 4. The van der Waals surface area contributed by atoms with Crippen LogP contribution < -0.4 is 4.74 Å². The Hall–Kier alpha value is -3.69. The third kappa shape index (κ3) is 4.89. The van der Waals surface area contributed by atoms with Gasteiger partial charge in [0.05, 0.1) is 12.5 Å². The first-order valence-electron chi connectivity index (χ1n) is 10.3. The Morgan fingerprint density at radius 2 is 1.55 bits per heavy atom. The first-order chi connectivity index (χ1) is 15.8. The van der Waals surface area contributed by atoms with E-state index in [0.717, 1.165) is 23.1 Å². The van der Waals surface area contributed by atoms with Gasteiger partial charge in [-0.3, -0.25) is 0 Å². The van der Waals surface area contributed by atoms with Gasteiger partial charge in [0, 0.05) is 11.1 Å². The number of rotatable bonds is 7. The van der Waals surface area contributed by atoms with Gasteiger partial charge in [-0.05, 0) is 43.5 Å². The predicted molar refractivity (Wildman–Crippen MR) is 112 cm³/mol. The zero-order valence-corrected chi connectivity index (χ0v) is 18.2. The Morgan fingerprint density at radius 1 is 0.909 bits per heavy atom. The number of aryl methyl sites for hydroxylation is 2. The minimum atomic E-state index is -4.69. The molecule has 2 aromatic heterocycles. The van der Waals surface area contributed by atoms with E-state index in [1.165, 1.54) is 0 Å². The Kier molecular flexibility index (Phi) is 6.17. The second-order valence-electron chi connectivity index (χ2n) is 7.60. The van der Waals surface area contributed by atoms with Crippen molar-refractivity contribution in [2.45, 2.75) is 39.3 Å². The molecule has 0 saturated carbocycles. The van der Waals surface area contributed by atoms with Crippen molar-refractivity contribution < 1.29 is 27.0 Å². The van der Waals surface area contributed by atoms with Crippen LogP contribution in [0.3, 0.4) is 0 Å². The van der Waals surface area contributed by atoms with Crippen LogP contribution in [0.25, 0.3) is 22.8 Å². The summed E-state index contributed by atoms with van der Waals surface area (Å²) in [7, 11) is 0. The van der Waals surface area contributed by atoms with E-state index in [4.69, 9.17) is 9.26 Å². The van der Waals surface area contributed by atoms with Gasteiger partial charge in [0.15, 0.2) is 0 Å². The minimum absolute atomic E-state index is 0.125. The lowest BCUT2D eigenvalue weighted by Gasteiger charge is -2.16. The largest absolute Gasteiger partial charge is 0.492 e. The molecule has 0 N–H and O–H groups in total. The van der Waals surface area contributed by atoms with E-state index < -0.39 is 12.1 Å². The van der Waals surface area contributed by atoms with Gasteiger partial charge in [-0.15, -0.1) is 0 Å². The van der Waals surface area contributed by atoms with Gasteiger partial charge >= 0.3 is 12.1 Å². The van der Waals surface area contributed by atoms with E-state index in [1.54, 1.807) is 26.0 Å². The van der Waals surface area contributed by atoms with Gasteiger partial charge < -0.3 is 13.8 Å². The summed E-state index contributed by atoms with van der Waals surface area (Å²) in [6.45, 7) is 5.90. The maximum absolute atomic E-state index is 12.8. The zero-order chi connectivity index (χ0) is 23.6. The summed E-state index contributed by atoms with van der Waals surface area (Å²) in [5.74, 6) is -0.0208. The van der Waals surface area contributed by atoms with Crippen molar-refractivity contribution in [1.29, 1.82) is 0 Å². The predicted octanol–water partition coefficient (Wildman–Crippen LogP) is 5.99. The second-order valence-corrected chi connectivity index (χ2v) is 7.60. The number of ether oxygens (including phenoxy) is 1. The number of halogens is 3. The van der Waals surface area contributed by atoms with Crippen LogP contribution in [0, 0.1) is 13.8 Å². The Labute approximate surface area is 187 Å². The van der Waals surface area contributed by atoms with Crippen LogP contribution in [0.15, 0.2) is 51.5 Å². The van der Waals surface area contributed by atoms with Gasteiger partial charge in [0.1, 0.15) is 5.75 Å². The molecular formula is C23H21F3N4O3. The lowest BCUT2D eigenvalue weighted by atomic mass is 10.0. The van der Waals surface area contributed by atoms with Crippen molar-refractivity contribution in [2.24, 2.45) is 0 Å². The molecule has 0 amide bonds. The minimum Gasteiger partial charge on any atom is -0.492 e. The number of benzene rings is 2. The van der Waals surface area contributed by atoms with E-state index in [-0.39, 0.29) is 11.7 Å². The van der Waals surface area contributed by atoms with Gasteiger partial charge in [-0.1, -0.05) is 47.6 Å². The number of hydrogen-bond donors (Lipinski definition) is 0. The summed E-state index contributed by atoms with van der Waals surface area (Å²) in [5, 5.41) is 7.51. The molecule has 0 saturated heterocycles. The molecule has 1 atom stereocenters. The van der Waals surface area contributed by atoms with Crippen molar-refractivity contribution >= 4 is 0 Å². The quantitative estimate of drug-likeness (QED) is 0.336. The van der Waals surface area contributed by atoms with Gasteiger partial charge in [-0.25, -0.2) is 0 Å². The Bertz CT molecular complexity index is 1210.